The zero-order valence-electron chi connectivity index (χ0n) is 19.3. The van der Waals surface area contributed by atoms with Gasteiger partial charge >= 0.3 is 12.5 Å². The Bertz CT molecular complexity index is 1450. The molecule has 1 fully saturated rings. The second kappa shape index (κ2) is 10.1. The number of nitrogens with zero attached hydrogens (tertiary/aromatic N) is 5. The van der Waals surface area contributed by atoms with Gasteiger partial charge in [0.1, 0.15) is 10.4 Å². The van der Waals surface area contributed by atoms with E-state index in [2.05, 4.69) is 14.8 Å². The number of alkyl halides is 6. The zero-order chi connectivity index (χ0) is 27.8. The number of aromatic nitrogens is 1. The minimum Gasteiger partial charge on any atom is -0.406 e. The number of non-ortho nitro benzene ring substituents is 1. The van der Waals surface area contributed by atoms with Crippen molar-refractivity contribution >= 4 is 38.0 Å². The van der Waals surface area contributed by atoms with Crippen molar-refractivity contribution in [3.63, 3.8) is 0 Å². The van der Waals surface area contributed by atoms with Crippen LogP contribution in [0.4, 0.5) is 37.2 Å². The van der Waals surface area contributed by atoms with Crippen LogP contribution in [0, 0.1) is 10.1 Å². The standard InChI is InChI=1S/C22H17F6N5O4S/c1-12(13-2-4-15(5-3-13)37-22(26,27)28)30-32-8-6-31(7-9-32)20-29-19(34)16-10-14(21(23,24)25)11-17(33(35)36)18(16)38-20/h2-5,10-11H,6-9H2,1H3/b30-12+. The van der Waals surface area contributed by atoms with Crippen LogP contribution < -0.4 is 15.2 Å². The average Bonchev–Trinajstić information content (AvgIpc) is 2.82. The number of halogens is 6. The van der Waals surface area contributed by atoms with Crippen LogP contribution in [0.15, 0.2) is 46.3 Å². The van der Waals surface area contributed by atoms with Gasteiger partial charge in [-0.05, 0) is 42.8 Å². The summed E-state index contributed by atoms with van der Waals surface area (Å²) < 4.78 is 80.1. The van der Waals surface area contributed by atoms with Crippen molar-refractivity contribution in [2.45, 2.75) is 19.5 Å². The van der Waals surface area contributed by atoms with Crippen molar-refractivity contribution in [2.75, 3.05) is 31.1 Å². The summed E-state index contributed by atoms with van der Waals surface area (Å²) in [7, 11) is 0. The first-order valence-corrected chi connectivity index (χ1v) is 11.6. The largest absolute Gasteiger partial charge is 0.573 e. The van der Waals surface area contributed by atoms with Gasteiger partial charge in [-0.2, -0.15) is 23.3 Å². The van der Waals surface area contributed by atoms with Crippen LogP contribution in [-0.4, -0.2) is 53.2 Å². The minimum absolute atomic E-state index is 0.131. The second-order valence-electron chi connectivity index (χ2n) is 8.13. The molecule has 0 atom stereocenters. The van der Waals surface area contributed by atoms with E-state index in [-0.39, 0.29) is 15.6 Å². The molecule has 0 unspecified atom stereocenters. The predicted molar refractivity (Wildman–Crippen MR) is 127 cm³/mol. The number of benzene rings is 2. The number of hydrazone groups is 1. The smallest absolute Gasteiger partial charge is 0.406 e. The molecule has 0 N–H and O–H groups in total. The second-order valence-corrected chi connectivity index (χ2v) is 9.10. The van der Waals surface area contributed by atoms with Crippen LogP contribution >= 0.6 is 11.3 Å². The number of hydrogen-bond acceptors (Lipinski definition) is 9. The molecule has 0 amide bonds. The molecule has 1 aliphatic rings. The molecule has 16 heteroatoms. The number of fused-ring (bicyclic) bond motifs is 1. The Balaban J connectivity index is 1.51. The molecule has 2 aromatic carbocycles. The first-order valence-electron chi connectivity index (χ1n) is 10.8. The summed E-state index contributed by atoms with van der Waals surface area (Å²) in [6, 6.07) is 6.18. The van der Waals surface area contributed by atoms with Gasteiger partial charge in [-0.25, -0.2) is 0 Å². The van der Waals surface area contributed by atoms with Gasteiger partial charge in [0, 0.05) is 19.2 Å². The molecule has 0 radical (unpaired) electrons. The molecule has 1 saturated heterocycles. The highest BCUT2D eigenvalue weighted by molar-refractivity contribution is 7.22. The van der Waals surface area contributed by atoms with Crippen molar-refractivity contribution in [3.8, 4) is 5.75 Å². The van der Waals surface area contributed by atoms with Gasteiger partial charge in [-0.1, -0.05) is 11.3 Å². The first-order chi connectivity index (χ1) is 17.7. The molecule has 1 aromatic heterocycles. The molecular formula is C22H17F6N5O4S. The fraction of sp³-hybridized carbons (Fsp3) is 0.318. The Kier molecular flexibility index (Phi) is 7.18. The van der Waals surface area contributed by atoms with Crippen molar-refractivity contribution in [2.24, 2.45) is 5.10 Å². The highest BCUT2D eigenvalue weighted by atomic mass is 32.1. The molecule has 0 aliphatic carbocycles. The van der Waals surface area contributed by atoms with E-state index in [4.69, 9.17) is 0 Å². The van der Waals surface area contributed by atoms with Gasteiger partial charge < -0.3 is 9.64 Å². The zero-order valence-corrected chi connectivity index (χ0v) is 20.2. The SMILES string of the molecule is C/C(=N\N1CCN(c2nc(=O)c3cc(C(F)(F)F)cc([N+](=O)[O-])c3s2)CC1)c1ccc(OC(F)(F)F)cc1. The number of hydrogen-bond donors (Lipinski definition) is 0. The summed E-state index contributed by atoms with van der Waals surface area (Å²) in [4.78, 5) is 28.6. The Morgan fingerprint density at radius 2 is 1.71 bits per heavy atom. The lowest BCUT2D eigenvalue weighted by Gasteiger charge is -2.33. The van der Waals surface area contributed by atoms with E-state index in [1.165, 1.54) is 24.3 Å². The number of nitro groups is 1. The van der Waals surface area contributed by atoms with Crippen LogP contribution in [-0.2, 0) is 6.18 Å². The summed E-state index contributed by atoms with van der Waals surface area (Å²) in [6.07, 6.45) is -9.67. The lowest BCUT2D eigenvalue weighted by atomic mass is 10.1. The van der Waals surface area contributed by atoms with E-state index in [9.17, 15) is 41.3 Å². The van der Waals surface area contributed by atoms with E-state index >= 15 is 0 Å². The maximum absolute atomic E-state index is 13.2. The molecule has 9 nitrogen and oxygen atoms in total. The topological polar surface area (TPSA) is 101 Å². The summed E-state index contributed by atoms with van der Waals surface area (Å²) in [5.41, 5.74) is -2.04. The fourth-order valence-corrected chi connectivity index (χ4v) is 4.85. The minimum atomic E-state index is -4.87. The van der Waals surface area contributed by atoms with Gasteiger partial charge in [0.15, 0.2) is 5.13 Å². The highest BCUT2D eigenvalue weighted by Crippen LogP contribution is 2.38. The monoisotopic (exact) mass is 561 g/mol. The summed E-state index contributed by atoms with van der Waals surface area (Å²) in [5, 5.41) is 17.3. The maximum atomic E-state index is 13.2. The fourth-order valence-electron chi connectivity index (χ4n) is 3.73. The number of rotatable bonds is 5. The van der Waals surface area contributed by atoms with E-state index in [0.29, 0.717) is 49.6 Å². The molecule has 38 heavy (non-hydrogen) atoms. The van der Waals surface area contributed by atoms with Crippen molar-refractivity contribution < 1.29 is 36.0 Å². The van der Waals surface area contributed by atoms with Gasteiger partial charge in [0.25, 0.3) is 11.2 Å². The van der Waals surface area contributed by atoms with Crippen LogP contribution in [0.5, 0.6) is 5.75 Å². The Morgan fingerprint density at radius 1 is 1.08 bits per heavy atom. The summed E-state index contributed by atoms with van der Waals surface area (Å²) >= 11 is 0.759. The molecule has 1 aliphatic heterocycles. The number of nitro benzene ring substituents is 1. The Hall–Kier alpha value is -3.95. The van der Waals surface area contributed by atoms with Crippen molar-refractivity contribution in [1.82, 2.24) is 9.99 Å². The Labute approximate surface area is 213 Å². The molecule has 0 bridgehead atoms. The van der Waals surface area contributed by atoms with Gasteiger partial charge in [0.05, 0.1) is 34.7 Å². The van der Waals surface area contributed by atoms with E-state index in [1.807, 2.05) is 0 Å². The molecule has 202 valence electrons. The normalized spacial score (nSPS) is 15.2. The molecule has 4 rings (SSSR count). The summed E-state index contributed by atoms with van der Waals surface area (Å²) in [5.74, 6) is -0.362. The molecular weight excluding hydrogens is 544 g/mol. The third kappa shape index (κ3) is 6.12. The number of ether oxygens (including phenoxy) is 1. The first kappa shape index (κ1) is 27.1. The van der Waals surface area contributed by atoms with Crippen LogP contribution in [0.1, 0.15) is 18.1 Å². The van der Waals surface area contributed by atoms with Gasteiger partial charge in [0.2, 0.25) is 0 Å². The number of piperazine rings is 1. The van der Waals surface area contributed by atoms with Crippen LogP contribution in [0.3, 0.4) is 0 Å². The number of anilines is 1. The highest BCUT2D eigenvalue weighted by Gasteiger charge is 2.34. The predicted octanol–water partition coefficient (Wildman–Crippen LogP) is 5.03. The average molecular weight is 561 g/mol. The molecule has 0 saturated carbocycles. The Morgan fingerprint density at radius 3 is 2.26 bits per heavy atom. The maximum Gasteiger partial charge on any atom is 0.573 e. The van der Waals surface area contributed by atoms with Crippen LogP contribution in [0.2, 0.25) is 0 Å². The van der Waals surface area contributed by atoms with Gasteiger partial charge in [-0.15, -0.1) is 13.2 Å². The lowest BCUT2D eigenvalue weighted by molar-refractivity contribution is -0.383. The molecule has 3 aromatic rings. The third-order valence-corrected chi connectivity index (χ3v) is 6.70. The van der Waals surface area contributed by atoms with Crippen LogP contribution in [0.25, 0.3) is 10.1 Å². The molecule has 2 heterocycles. The van der Waals surface area contributed by atoms with E-state index < -0.39 is 39.7 Å². The van der Waals surface area contributed by atoms with Gasteiger partial charge in [-0.3, -0.25) is 19.9 Å². The molecule has 0 spiro atoms. The van der Waals surface area contributed by atoms with E-state index in [1.54, 1.807) is 16.8 Å². The lowest BCUT2D eigenvalue weighted by Crippen LogP contribution is -2.45. The summed E-state index contributed by atoms with van der Waals surface area (Å²) in [6.45, 7) is 2.98. The third-order valence-electron chi connectivity index (χ3n) is 5.54. The van der Waals surface area contributed by atoms with Crippen molar-refractivity contribution in [3.05, 3.63) is 68.0 Å². The quantitative estimate of drug-likeness (QED) is 0.186. The van der Waals surface area contributed by atoms with E-state index in [0.717, 1.165) is 11.3 Å². The van der Waals surface area contributed by atoms with Crippen molar-refractivity contribution in [1.29, 1.82) is 0 Å².